The van der Waals surface area contributed by atoms with Crippen LogP contribution in [0.15, 0.2) is 6.07 Å². The summed E-state index contributed by atoms with van der Waals surface area (Å²) in [7, 11) is -1.08. The highest BCUT2D eigenvalue weighted by Gasteiger charge is 2.43. The Balaban J connectivity index is 0.000000166. The lowest BCUT2D eigenvalue weighted by molar-refractivity contribution is -0.141. The summed E-state index contributed by atoms with van der Waals surface area (Å²) in [6.45, 7) is 1.90. The molecule has 0 radical (unpaired) electrons. The SMILES string of the molecule is Cn1nc(C(F)(F)F)cc1C1CCCCC1.O=S1(=O)CCC2(CCNC2)C1. The van der Waals surface area contributed by atoms with Crippen LogP contribution in [0.25, 0.3) is 0 Å². The number of aromatic nitrogens is 2. The highest BCUT2D eigenvalue weighted by atomic mass is 32.2. The maximum Gasteiger partial charge on any atom is 0.435 e. The molecule has 1 N–H and O–H groups in total. The second-order valence-electron chi connectivity index (χ2n) is 8.18. The third-order valence-corrected chi connectivity index (χ3v) is 7.91. The number of nitrogens with zero attached hydrogens (tertiary/aromatic N) is 2. The third-order valence-electron chi connectivity index (χ3n) is 6.03. The molecular formula is C18H28F3N3O2S. The average Bonchev–Trinajstić information content (AvgIpc) is 3.28. The molecule has 2 saturated heterocycles. The van der Waals surface area contributed by atoms with Gasteiger partial charge in [-0.2, -0.15) is 18.3 Å². The van der Waals surface area contributed by atoms with Gasteiger partial charge in [-0.15, -0.1) is 0 Å². The quantitative estimate of drug-likeness (QED) is 0.776. The molecule has 5 nitrogen and oxygen atoms in total. The summed E-state index contributed by atoms with van der Waals surface area (Å²) in [6, 6.07) is 1.20. The van der Waals surface area contributed by atoms with Gasteiger partial charge >= 0.3 is 6.18 Å². The van der Waals surface area contributed by atoms with Gasteiger partial charge in [0.05, 0.1) is 11.5 Å². The summed E-state index contributed by atoms with van der Waals surface area (Å²) < 4.78 is 61.1. The van der Waals surface area contributed by atoms with Crippen molar-refractivity contribution in [3.63, 3.8) is 0 Å². The molecule has 1 saturated carbocycles. The van der Waals surface area contributed by atoms with Crippen LogP contribution in [0.4, 0.5) is 13.2 Å². The number of sulfone groups is 1. The Morgan fingerprint density at radius 1 is 1.22 bits per heavy atom. The smallest absolute Gasteiger partial charge is 0.316 e. The van der Waals surface area contributed by atoms with Gasteiger partial charge in [-0.25, -0.2) is 8.42 Å². The second-order valence-corrected chi connectivity index (χ2v) is 10.4. The van der Waals surface area contributed by atoms with Crippen LogP contribution >= 0.6 is 0 Å². The number of alkyl halides is 3. The minimum absolute atomic E-state index is 0.124. The van der Waals surface area contributed by atoms with E-state index in [9.17, 15) is 21.6 Å². The van der Waals surface area contributed by atoms with E-state index >= 15 is 0 Å². The maximum atomic E-state index is 12.5. The van der Waals surface area contributed by atoms with E-state index in [0.29, 0.717) is 11.5 Å². The molecule has 1 unspecified atom stereocenters. The second kappa shape index (κ2) is 7.73. The van der Waals surface area contributed by atoms with Crippen LogP contribution in [-0.4, -0.2) is 42.8 Å². The van der Waals surface area contributed by atoms with E-state index in [4.69, 9.17) is 0 Å². The Morgan fingerprint density at radius 3 is 2.41 bits per heavy atom. The van der Waals surface area contributed by atoms with Crippen LogP contribution in [0.2, 0.25) is 0 Å². The third kappa shape index (κ3) is 5.04. The maximum absolute atomic E-state index is 12.5. The molecule has 0 bridgehead atoms. The molecule has 1 aliphatic carbocycles. The molecule has 27 heavy (non-hydrogen) atoms. The number of hydrogen-bond donors (Lipinski definition) is 1. The fraction of sp³-hybridized carbons (Fsp3) is 0.833. The first-order valence-electron chi connectivity index (χ1n) is 9.63. The summed E-state index contributed by atoms with van der Waals surface area (Å²) in [4.78, 5) is 0. The molecule has 0 aromatic carbocycles. The van der Waals surface area contributed by atoms with Crippen LogP contribution in [0.5, 0.6) is 0 Å². The van der Waals surface area contributed by atoms with Crippen molar-refractivity contribution in [2.24, 2.45) is 12.5 Å². The molecule has 3 aliphatic rings. The molecule has 9 heteroatoms. The molecule has 4 rings (SSSR count). The molecule has 1 spiro atoms. The molecular weight excluding hydrogens is 379 g/mol. The van der Waals surface area contributed by atoms with Gasteiger partial charge in [0.25, 0.3) is 0 Å². The Labute approximate surface area is 158 Å². The van der Waals surface area contributed by atoms with Crippen LogP contribution < -0.4 is 5.32 Å². The van der Waals surface area contributed by atoms with Gasteiger partial charge in [0.2, 0.25) is 0 Å². The van der Waals surface area contributed by atoms with Gasteiger partial charge in [-0.05, 0) is 43.7 Å². The van der Waals surface area contributed by atoms with Gasteiger partial charge < -0.3 is 5.32 Å². The Bertz CT molecular complexity index is 746. The molecule has 3 fully saturated rings. The van der Waals surface area contributed by atoms with Gasteiger partial charge in [0.1, 0.15) is 0 Å². The van der Waals surface area contributed by atoms with Crippen molar-refractivity contribution in [1.82, 2.24) is 15.1 Å². The van der Waals surface area contributed by atoms with Gasteiger partial charge in [-0.3, -0.25) is 4.68 Å². The lowest BCUT2D eigenvalue weighted by Crippen LogP contribution is -2.24. The predicted octanol–water partition coefficient (Wildman–Crippen LogP) is 3.27. The first-order valence-corrected chi connectivity index (χ1v) is 11.4. The Kier molecular flexibility index (Phi) is 5.91. The lowest BCUT2D eigenvalue weighted by atomic mass is 9.87. The Hall–Kier alpha value is -1.09. The molecule has 1 aromatic rings. The fourth-order valence-corrected chi connectivity index (χ4v) is 6.73. The molecule has 154 valence electrons. The largest absolute Gasteiger partial charge is 0.435 e. The lowest BCUT2D eigenvalue weighted by Gasteiger charge is -2.21. The molecule has 3 heterocycles. The standard InChI is InChI=1S/C11H15F3N2.C7H13NO2S/c1-16-9(8-5-3-2-4-6-8)7-10(15-16)11(12,13)14;9-11(10)4-2-7(6-11)1-3-8-5-7/h7-8H,2-6H2,1H3;8H,1-6H2. The van der Waals surface area contributed by atoms with Crippen LogP contribution in [0.3, 0.4) is 0 Å². The van der Waals surface area contributed by atoms with E-state index in [2.05, 4.69) is 10.4 Å². The zero-order chi connectivity index (χ0) is 19.7. The summed E-state index contributed by atoms with van der Waals surface area (Å²) >= 11 is 0. The van der Waals surface area contributed by atoms with Crippen LogP contribution in [0, 0.1) is 5.41 Å². The number of halogens is 3. The number of aryl methyl sites for hydroxylation is 1. The molecule has 1 aromatic heterocycles. The summed E-state index contributed by atoms with van der Waals surface area (Å²) in [6.07, 6.45) is 2.97. The monoisotopic (exact) mass is 407 g/mol. The summed E-state index contributed by atoms with van der Waals surface area (Å²) in [5.41, 5.74) is 0.0846. The summed E-state index contributed by atoms with van der Waals surface area (Å²) in [5.74, 6) is 1.09. The zero-order valence-corrected chi connectivity index (χ0v) is 16.5. The molecule has 2 aliphatic heterocycles. The normalized spacial score (nSPS) is 28.3. The van der Waals surface area contributed by atoms with Crippen molar-refractivity contribution < 1.29 is 21.6 Å². The highest BCUT2D eigenvalue weighted by Crippen LogP contribution is 2.37. The van der Waals surface area contributed by atoms with E-state index < -0.39 is 21.7 Å². The highest BCUT2D eigenvalue weighted by molar-refractivity contribution is 7.91. The Morgan fingerprint density at radius 2 is 1.93 bits per heavy atom. The van der Waals surface area contributed by atoms with E-state index in [-0.39, 0.29) is 11.3 Å². The predicted molar refractivity (Wildman–Crippen MR) is 97.2 cm³/mol. The molecule has 1 atom stereocenters. The van der Waals surface area contributed by atoms with Crippen LogP contribution in [-0.2, 0) is 23.1 Å². The van der Waals surface area contributed by atoms with E-state index in [1.54, 1.807) is 7.05 Å². The molecule has 0 amide bonds. The minimum atomic E-state index is -4.33. The van der Waals surface area contributed by atoms with E-state index in [1.807, 2.05) is 0 Å². The van der Waals surface area contributed by atoms with E-state index in [1.165, 1.54) is 17.2 Å². The topological polar surface area (TPSA) is 64.0 Å². The number of hydrogen-bond acceptors (Lipinski definition) is 4. The minimum Gasteiger partial charge on any atom is -0.316 e. The first kappa shape index (κ1) is 20.6. The van der Waals surface area contributed by atoms with Crippen molar-refractivity contribution >= 4 is 9.84 Å². The van der Waals surface area contributed by atoms with Crippen molar-refractivity contribution in [3.8, 4) is 0 Å². The van der Waals surface area contributed by atoms with E-state index in [0.717, 1.165) is 57.3 Å². The summed E-state index contributed by atoms with van der Waals surface area (Å²) in [5, 5.41) is 6.78. The van der Waals surface area contributed by atoms with Gasteiger partial charge in [0.15, 0.2) is 15.5 Å². The van der Waals surface area contributed by atoms with Gasteiger partial charge in [-0.1, -0.05) is 19.3 Å². The van der Waals surface area contributed by atoms with Crippen molar-refractivity contribution in [2.75, 3.05) is 24.6 Å². The van der Waals surface area contributed by atoms with Crippen molar-refractivity contribution in [2.45, 2.75) is 57.0 Å². The zero-order valence-electron chi connectivity index (χ0n) is 15.7. The average molecular weight is 408 g/mol. The first-order chi connectivity index (χ1) is 12.6. The number of nitrogens with one attached hydrogen (secondary N) is 1. The van der Waals surface area contributed by atoms with Gasteiger partial charge in [0, 0.05) is 25.2 Å². The van der Waals surface area contributed by atoms with Crippen molar-refractivity contribution in [3.05, 3.63) is 17.5 Å². The number of rotatable bonds is 1. The fourth-order valence-electron chi connectivity index (χ4n) is 4.52. The van der Waals surface area contributed by atoms with Crippen LogP contribution in [0.1, 0.15) is 62.3 Å². The van der Waals surface area contributed by atoms with Crippen molar-refractivity contribution in [1.29, 1.82) is 0 Å².